The van der Waals surface area contributed by atoms with Gasteiger partial charge in [0.05, 0.1) is 17.6 Å². The molecule has 0 bridgehead atoms. The third kappa shape index (κ3) is 3.75. The number of nitrogens with zero attached hydrogens (tertiary/aromatic N) is 3. The molecule has 2 unspecified atom stereocenters. The molecule has 1 saturated heterocycles. The number of rotatable bonds is 4. The molecule has 3 aromatic rings. The van der Waals surface area contributed by atoms with E-state index in [0.717, 1.165) is 29.5 Å². The second-order valence-corrected chi connectivity index (χ2v) is 7.61. The van der Waals surface area contributed by atoms with Gasteiger partial charge in [0.15, 0.2) is 0 Å². The van der Waals surface area contributed by atoms with E-state index >= 15 is 0 Å². The van der Waals surface area contributed by atoms with E-state index in [-0.39, 0.29) is 12.4 Å². The third-order valence-corrected chi connectivity index (χ3v) is 5.70. The van der Waals surface area contributed by atoms with Gasteiger partial charge in [-0.2, -0.15) is 0 Å². The van der Waals surface area contributed by atoms with Gasteiger partial charge in [-0.25, -0.2) is 4.98 Å². The number of hydrogen-bond donors (Lipinski definition) is 0. The Bertz CT molecular complexity index is 863. The van der Waals surface area contributed by atoms with E-state index < -0.39 is 0 Å². The lowest BCUT2D eigenvalue weighted by molar-refractivity contribution is 0.198. The van der Waals surface area contributed by atoms with E-state index in [1.54, 1.807) is 0 Å². The highest BCUT2D eigenvalue weighted by Gasteiger charge is 2.28. The zero-order valence-corrected chi connectivity index (χ0v) is 16.8. The second kappa shape index (κ2) is 7.99. The van der Waals surface area contributed by atoms with Gasteiger partial charge in [-0.05, 0) is 56.5 Å². The molecule has 0 spiro atoms. The maximum absolute atomic E-state index is 6.04. The summed E-state index contributed by atoms with van der Waals surface area (Å²) in [6.45, 7) is 6.39. The zero-order valence-electron chi connectivity index (χ0n) is 15.2. The van der Waals surface area contributed by atoms with E-state index in [1.807, 2.05) is 12.1 Å². The Morgan fingerprint density at radius 3 is 2.31 bits per heavy atom. The number of halogens is 2. The molecule has 0 amide bonds. The quantitative estimate of drug-likeness (QED) is 0.584. The summed E-state index contributed by atoms with van der Waals surface area (Å²) in [7, 11) is 0. The van der Waals surface area contributed by atoms with Crippen LogP contribution in [-0.2, 0) is 13.1 Å². The fraction of sp³-hybridized carbons (Fsp3) is 0.381. The molecule has 1 aliphatic heterocycles. The predicted molar refractivity (Wildman–Crippen MR) is 111 cm³/mol. The lowest BCUT2D eigenvalue weighted by Gasteiger charge is -2.25. The Morgan fingerprint density at radius 1 is 0.962 bits per heavy atom. The first-order valence-electron chi connectivity index (χ1n) is 9.06. The van der Waals surface area contributed by atoms with Gasteiger partial charge < -0.3 is 4.57 Å². The highest BCUT2D eigenvalue weighted by Crippen LogP contribution is 2.27. The summed E-state index contributed by atoms with van der Waals surface area (Å²) in [6, 6.07) is 17.8. The molecule has 2 atom stereocenters. The van der Waals surface area contributed by atoms with Crippen LogP contribution >= 0.6 is 24.0 Å². The summed E-state index contributed by atoms with van der Waals surface area (Å²) in [6.07, 6.45) is 2.55. The third-order valence-electron chi connectivity index (χ3n) is 5.45. The molecule has 1 fully saturated rings. The van der Waals surface area contributed by atoms with Gasteiger partial charge in [0.1, 0.15) is 5.82 Å². The summed E-state index contributed by atoms with van der Waals surface area (Å²) >= 11 is 6.04. The first-order valence-corrected chi connectivity index (χ1v) is 9.44. The minimum atomic E-state index is 0. The van der Waals surface area contributed by atoms with Gasteiger partial charge in [-0.3, -0.25) is 4.90 Å². The van der Waals surface area contributed by atoms with Crippen molar-refractivity contribution in [1.29, 1.82) is 0 Å². The van der Waals surface area contributed by atoms with Gasteiger partial charge in [-0.15, -0.1) is 12.4 Å². The van der Waals surface area contributed by atoms with E-state index in [2.05, 4.69) is 59.7 Å². The van der Waals surface area contributed by atoms with Crippen LogP contribution in [0.2, 0.25) is 5.02 Å². The Morgan fingerprint density at radius 2 is 1.62 bits per heavy atom. The van der Waals surface area contributed by atoms with Crippen LogP contribution in [0.1, 0.15) is 38.1 Å². The standard InChI is InChI=1S/C21H24ClN3.ClH/c1-15-7-8-16(2)24(15)14-21-23-19-5-3-4-6-20(19)25(21)13-17-9-11-18(22)12-10-17;/h3-6,9-12,15-16H,7-8,13-14H2,1-2H3;1H. The van der Waals surface area contributed by atoms with Crippen molar-refractivity contribution in [1.82, 2.24) is 14.5 Å². The van der Waals surface area contributed by atoms with E-state index in [0.29, 0.717) is 12.1 Å². The number of hydrogen-bond acceptors (Lipinski definition) is 2. The number of fused-ring (bicyclic) bond motifs is 1. The van der Waals surface area contributed by atoms with Crippen LogP contribution in [0.15, 0.2) is 48.5 Å². The van der Waals surface area contributed by atoms with Crippen LogP contribution in [0.25, 0.3) is 11.0 Å². The Kier molecular flexibility index (Phi) is 5.91. The molecule has 1 aliphatic rings. The van der Waals surface area contributed by atoms with Crippen molar-refractivity contribution in [3.63, 3.8) is 0 Å². The molecule has 3 nitrogen and oxygen atoms in total. The minimum absolute atomic E-state index is 0. The van der Waals surface area contributed by atoms with Crippen molar-refractivity contribution in [2.45, 2.75) is 51.9 Å². The maximum Gasteiger partial charge on any atom is 0.124 e. The summed E-state index contributed by atoms with van der Waals surface area (Å²) in [4.78, 5) is 7.54. The Labute approximate surface area is 166 Å². The number of aromatic nitrogens is 2. The number of imidazole rings is 1. The van der Waals surface area contributed by atoms with Crippen molar-refractivity contribution in [3.8, 4) is 0 Å². The average Bonchev–Trinajstić information content (AvgIpc) is 3.12. The molecule has 5 heteroatoms. The highest BCUT2D eigenvalue weighted by atomic mass is 35.5. The molecule has 2 aromatic carbocycles. The average molecular weight is 390 g/mol. The van der Waals surface area contributed by atoms with Gasteiger partial charge in [0.2, 0.25) is 0 Å². The Balaban J connectivity index is 0.00000196. The van der Waals surface area contributed by atoms with E-state index in [1.165, 1.54) is 23.9 Å². The van der Waals surface area contributed by atoms with Crippen LogP contribution in [0.4, 0.5) is 0 Å². The number of likely N-dealkylation sites (tertiary alicyclic amines) is 1. The van der Waals surface area contributed by atoms with Crippen LogP contribution in [0.3, 0.4) is 0 Å². The van der Waals surface area contributed by atoms with Crippen molar-refractivity contribution in [3.05, 3.63) is 64.9 Å². The topological polar surface area (TPSA) is 21.1 Å². The fourth-order valence-electron chi connectivity index (χ4n) is 3.92. The summed E-state index contributed by atoms with van der Waals surface area (Å²) in [5.74, 6) is 1.15. The summed E-state index contributed by atoms with van der Waals surface area (Å²) in [5.41, 5.74) is 3.52. The highest BCUT2D eigenvalue weighted by molar-refractivity contribution is 6.30. The number of para-hydroxylation sites is 2. The molecule has 1 aromatic heterocycles. The predicted octanol–water partition coefficient (Wildman–Crippen LogP) is 5.53. The van der Waals surface area contributed by atoms with Crippen molar-refractivity contribution < 1.29 is 0 Å². The maximum atomic E-state index is 6.04. The minimum Gasteiger partial charge on any atom is -0.322 e. The number of benzene rings is 2. The van der Waals surface area contributed by atoms with Crippen LogP contribution < -0.4 is 0 Å². The molecular weight excluding hydrogens is 365 g/mol. The largest absolute Gasteiger partial charge is 0.322 e. The van der Waals surface area contributed by atoms with Gasteiger partial charge >= 0.3 is 0 Å². The Hall–Kier alpha value is -1.55. The van der Waals surface area contributed by atoms with E-state index in [4.69, 9.17) is 16.6 Å². The van der Waals surface area contributed by atoms with Gasteiger partial charge in [-0.1, -0.05) is 35.9 Å². The molecule has 26 heavy (non-hydrogen) atoms. The van der Waals surface area contributed by atoms with Gasteiger partial charge in [0, 0.05) is 23.7 Å². The fourth-order valence-corrected chi connectivity index (χ4v) is 4.04. The molecule has 0 radical (unpaired) electrons. The van der Waals surface area contributed by atoms with Gasteiger partial charge in [0.25, 0.3) is 0 Å². The summed E-state index contributed by atoms with van der Waals surface area (Å²) < 4.78 is 2.36. The van der Waals surface area contributed by atoms with E-state index in [9.17, 15) is 0 Å². The molecule has 0 aliphatic carbocycles. The smallest absolute Gasteiger partial charge is 0.124 e. The molecule has 4 rings (SSSR count). The lowest BCUT2D eigenvalue weighted by Crippen LogP contribution is -2.33. The first-order chi connectivity index (χ1) is 12.1. The SMILES string of the molecule is CC1CCC(C)N1Cc1nc2ccccc2n1Cc1ccc(Cl)cc1.Cl. The molecule has 0 saturated carbocycles. The molecular formula is C21H25Cl2N3. The molecule has 2 heterocycles. The van der Waals surface area contributed by atoms with Crippen LogP contribution in [0, 0.1) is 0 Å². The van der Waals surface area contributed by atoms with Crippen molar-refractivity contribution in [2.75, 3.05) is 0 Å². The second-order valence-electron chi connectivity index (χ2n) is 7.18. The lowest BCUT2D eigenvalue weighted by atomic mass is 10.2. The van der Waals surface area contributed by atoms with Crippen molar-refractivity contribution in [2.24, 2.45) is 0 Å². The van der Waals surface area contributed by atoms with Crippen LogP contribution in [0.5, 0.6) is 0 Å². The zero-order chi connectivity index (χ0) is 17.4. The molecule has 138 valence electrons. The first kappa shape index (κ1) is 19.2. The van der Waals surface area contributed by atoms with Crippen molar-refractivity contribution >= 4 is 35.0 Å². The normalized spacial score (nSPS) is 20.4. The molecule has 0 N–H and O–H groups in total. The monoisotopic (exact) mass is 389 g/mol. The van der Waals surface area contributed by atoms with Crippen LogP contribution in [-0.4, -0.2) is 26.5 Å². The summed E-state index contributed by atoms with van der Waals surface area (Å²) in [5, 5.41) is 0.777.